The van der Waals surface area contributed by atoms with Gasteiger partial charge in [-0.3, -0.25) is 14.4 Å². The largest absolute Gasteiger partial charge is 0.469 e. The third-order valence-electron chi connectivity index (χ3n) is 6.21. The lowest BCUT2D eigenvalue weighted by Crippen LogP contribution is -2.49. The van der Waals surface area contributed by atoms with Crippen molar-refractivity contribution >= 4 is 11.8 Å². The molecule has 2 amide bonds. The van der Waals surface area contributed by atoms with Crippen molar-refractivity contribution in [2.45, 2.75) is 57.5 Å². The first kappa shape index (κ1) is 20.4. The lowest BCUT2D eigenvalue weighted by molar-refractivity contribution is -0.136. The highest BCUT2D eigenvalue weighted by atomic mass is 16.3. The second-order valence-electron chi connectivity index (χ2n) is 8.58. The van der Waals surface area contributed by atoms with Crippen LogP contribution in [0.25, 0.3) is 0 Å². The van der Waals surface area contributed by atoms with Gasteiger partial charge >= 0.3 is 0 Å². The Labute approximate surface area is 176 Å². The summed E-state index contributed by atoms with van der Waals surface area (Å²) in [6.07, 6.45) is 4.65. The van der Waals surface area contributed by atoms with Crippen molar-refractivity contribution in [2.75, 3.05) is 13.1 Å². The number of hydrogen-bond acceptors (Lipinski definition) is 4. The van der Waals surface area contributed by atoms with Gasteiger partial charge in [-0.2, -0.15) is 0 Å². The Bertz CT molecular complexity index is 950. The summed E-state index contributed by atoms with van der Waals surface area (Å²) in [5, 5.41) is 2.97. The van der Waals surface area contributed by atoms with Gasteiger partial charge in [0.2, 0.25) is 11.8 Å². The normalized spacial score (nSPS) is 21.0. The monoisotopic (exact) mass is 411 g/mol. The maximum atomic E-state index is 12.7. The van der Waals surface area contributed by atoms with Crippen LogP contribution >= 0.6 is 0 Å². The third kappa shape index (κ3) is 4.66. The Kier molecular flexibility index (Phi) is 6.06. The lowest BCUT2D eigenvalue weighted by atomic mass is 9.83. The van der Waals surface area contributed by atoms with Crippen molar-refractivity contribution in [3.05, 3.63) is 58.4 Å². The summed E-state index contributed by atoms with van der Waals surface area (Å²) in [6.45, 7) is 3.92. The zero-order valence-electron chi connectivity index (χ0n) is 17.4. The fourth-order valence-electron chi connectivity index (χ4n) is 4.71. The quantitative estimate of drug-likeness (QED) is 0.758. The fourth-order valence-corrected chi connectivity index (χ4v) is 4.71. The number of piperidine rings is 1. The van der Waals surface area contributed by atoms with Crippen molar-refractivity contribution in [2.24, 2.45) is 5.92 Å². The molecule has 4 heterocycles. The first-order chi connectivity index (χ1) is 14.5. The molecule has 7 nitrogen and oxygen atoms in total. The molecular formula is C23H29N3O4. The Hall–Kier alpha value is -2.83. The number of carbonyl (C=O) groups is 2. The van der Waals surface area contributed by atoms with Crippen LogP contribution in [-0.4, -0.2) is 40.4 Å². The van der Waals surface area contributed by atoms with E-state index in [1.807, 2.05) is 34.6 Å². The van der Waals surface area contributed by atoms with Gasteiger partial charge in [-0.1, -0.05) is 6.07 Å². The van der Waals surface area contributed by atoms with E-state index in [1.54, 1.807) is 18.4 Å². The van der Waals surface area contributed by atoms with Crippen molar-refractivity contribution in [3.8, 4) is 0 Å². The molecule has 2 aromatic heterocycles. The van der Waals surface area contributed by atoms with E-state index in [4.69, 9.17) is 4.42 Å². The van der Waals surface area contributed by atoms with Crippen molar-refractivity contribution < 1.29 is 14.0 Å². The molecule has 0 aromatic carbocycles. The second-order valence-corrected chi connectivity index (χ2v) is 8.58. The van der Waals surface area contributed by atoms with Crippen LogP contribution in [0, 0.1) is 5.92 Å². The maximum Gasteiger partial charge on any atom is 0.250 e. The second kappa shape index (κ2) is 8.90. The Morgan fingerprint density at radius 1 is 1.17 bits per heavy atom. The van der Waals surface area contributed by atoms with E-state index < -0.39 is 0 Å². The molecule has 1 fully saturated rings. The summed E-state index contributed by atoms with van der Waals surface area (Å²) in [7, 11) is 0. The minimum atomic E-state index is -0.0932. The number of likely N-dealkylation sites (tertiary alicyclic amines) is 1. The number of aromatic nitrogens is 1. The first-order valence-electron chi connectivity index (χ1n) is 10.8. The van der Waals surface area contributed by atoms with Gasteiger partial charge < -0.3 is 19.2 Å². The highest BCUT2D eigenvalue weighted by Gasteiger charge is 2.36. The molecule has 2 aromatic rings. The zero-order chi connectivity index (χ0) is 21.1. The molecule has 2 aliphatic rings. The summed E-state index contributed by atoms with van der Waals surface area (Å²) in [5.74, 6) is 1.34. The smallest absolute Gasteiger partial charge is 0.250 e. The average molecular weight is 412 g/mol. The molecule has 30 heavy (non-hydrogen) atoms. The van der Waals surface area contributed by atoms with Crippen molar-refractivity contribution in [1.82, 2.24) is 14.8 Å². The average Bonchev–Trinajstić information content (AvgIpc) is 3.25. The van der Waals surface area contributed by atoms with Gasteiger partial charge in [0.05, 0.1) is 6.26 Å². The van der Waals surface area contributed by atoms with E-state index in [0.717, 1.165) is 30.7 Å². The van der Waals surface area contributed by atoms with E-state index in [1.165, 1.54) is 0 Å². The number of nitrogens with one attached hydrogen (secondary N) is 1. The summed E-state index contributed by atoms with van der Waals surface area (Å²) in [6, 6.07) is 9.20. The predicted octanol–water partition coefficient (Wildman–Crippen LogP) is 2.30. The Balaban J connectivity index is 1.24. The minimum Gasteiger partial charge on any atom is -0.469 e. The van der Waals surface area contributed by atoms with E-state index in [-0.39, 0.29) is 42.2 Å². The molecule has 4 rings (SSSR count). The molecule has 3 atom stereocenters. The molecular weight excluding hydrogens is 382 g/mol. The topological polar surface area (TPSA) is 84.6 Å². The molecule has 7 heteroatoms. The number of nitrogens with zero attached hydrogens (tertiary/aromatic N) is 2. The third-order valence-corrected chi connectivity index (χ3v) is 6.21. The van der Waals surface area contributed by atoms with Gasteiger partial charge in [-0.15, -0.1) is 0 Å². The van der Waals surface area contributed by atoms with Crippen LogP contribution in [0.2, 0.25) is 0 Å². The number of hydrogen-bond donors (Lipinski definition) is 1. The summed E-state index contributed by atoms with van der Waals surface area (Å²) in [5.41, 5.74) is 1.07. The van der Waals surface area contributed by atoms with Gasteiger partial charge in [0.1, 0.15) is 5.76 Å². The minimum absolute atomic E-state index is 0.0230. The fraction of sp³-hybridized carbons (Fsp3) is 0.522. The lowest BCUT2D eigenvalue weighted by Gasteiger charge is -2.42. The van der Waals surface area contributed by atoms with Crippen LogP contribution in [0.15, 0.2) is 45.8 Å². The summed E-state index contributed by atoms with van der Waals surface area (Å²) >= 11 is 0. The highest BCUT2D eigenvalue weighted by Crippen LogP contribution is 2.35. The summed E-state index contributed by atoms with van der Waals surface area (Å²) < 4.78 is 7.17. The van der Waals surface area contributed by atoms with Crippen LogP contribution in [0.5, 0.6) is 0 Å². The highest BCUT2D eigenvalue weighted by molar-refractivity contribution is 5.84. The Morgan fingerprint density at radius 2 is 2.03 bits per heavy atom. The predicted molar refractivity (Wildman–Crippen MR) is 112 cm³/mol. The Morgan fingerprint density at radius 3 is 2.83 bits per heavy atom. The van der Waals surface area contributed by atoms with Crippen LogP contribution in [0.1, 0.15) is 50.0 Å². The van der Waals surface area contributed by atoms with Gasteiger partial charge in [-0.05, 0) is 43.9 Å². The molecule has 0 unspecified atom stereocenters. The molecule has 0 aliphatic carbocycles. The van der Waals surface area contributed by atoms with Crippen LogP contribution in [0.4, 0.5) is 0 Å². The van der Waals surface area contributed by atoms with Crippen molar-refractivity contribution in [1.29, 1.82) is 0 Å². The molecule has 0 radical (unpaired) electrons. The summed E-state index contributed by atoms with van der Waals surface area (Å²) in [4.78, 5) is 39.0. The van der Waals surface area contributed by atoms with E-state index in [2.05, 4.69) is 5.32 Å². The number of furan rings is 1. The van der Waals surface area contributed by atoms with E-state index in [0.29, 0.717) is 25.6 Å². The zero-order valence-corrected chi connectivity index (χ0v) is 17.4. The van der Waals surface area contributed by atoms with E-state index in [9.17, 15) is 14.4 Å². The van der Waals surface area contributed by atoms with Gasteiger partial charge in [-0.25, -0.2) is 0 Å². The number of pyridine rings is 1. The number of amides is 2. The molecule has 2 bridgehead atoms. The maximum absolute atomic E-state index is 12.7. The number of carbonyl (C=O) groups excluding carboxylic acids is 2. The molecule has 2 aliphatic heterocycles. The molecule has 1 N–H and O–H groups in total. The van der Waals surface area contributed by atoms with Crippen LogP contribution in [-0.2, 0) is 22.6 Å². The molecule has 0 spiro atoms. The van der Waals surface area contributed by atoms with E-state index >= 15 is 0 Å². The molecule has 1 saturated heterocycles. The van der Waals surface area contributed by atoms with Crippen LogP contribution in [0.3, 0.4) is 0 Å². The SMILES string of the molecule is C[C@H](CCc1ccco1)NC(=O)CCC(=O)N1C[C@@H]2C[C@@H](C1)c1cccc(=O)n1C2. The van der Waals surface area contributed by atoms with Crippen molar-refractivity contribution in [3.63, 3.8) is 0 Å². The molecule has 0 saturated carbocycles. The van der Waals surface area contributed by atoms with Crippen LogP contribution < -0.4 is 10.9 Å². The first-order valence-corrected chi connectivity index (χ1v) is 10.8. The van der Waals surface area contributed by atoms with Gasteiger partial charge in [0.15, 0.2) is 0 Å². The number of rotatable bonds is 7. The standard InChI is InChI=1S/C23H29N3O4/c1-16(7-8-19-4-3-11-30-19)24-21(27)9-10-22(28)25-13-17-12-18(15-25)20-5-2-6-23(29)26(20)14-17/h2-6,11,16-18H,7-10,12-15H2,1H3,(H,24,27)/t16-,17+,18+/m1/s1. The van der Waals surface area contributed by atoms with Gasteiger partial charge in [0, 0.05) is 62.6 Å². The molecule has 160 valence electrons. The van der Waals surface area contributed by atoms with Gasteiger partial charge in [0.25, 0.3) is 5.56 Å². The number of aryl methyl sites for hydroxylation is 1. The number of fused-ring (bicyclic) bond motifs is 4.